The smallest absolute Gasteiger partial charge is 0.138 e. The molecule has 2 aromatic heterocycles. The molecule has 0 bridgehead atoms. The van der Waals surface area contributed by atoms with Gasteiger partial charge in [0.05, 0.1) is 0 Å². The fraction of sp³-hybridized carbons (Fsp3) is 0.231. The van der Waals surface area contributed by atoms with E-state index < -0.39 is 0 Å². The molecule has 2 N–H and O–H groups in total. The Morgan fingerprint density at radius 1 is 1.42 bits per heavy atom. The first-order valence-corrected chi connectivity index (χ1v) is 6.72. The zero-order chi connectivity index (χ0) is 13.4. The molecule has 4 nitrogen and oxygen atoms in total. The van der Waals surface area contributed by atoms with E-state index in [0.29, 0.717) is 6.42 Å². The number of nitrogens with two attached hydrogens (primary N) is 1. The Kier molecular flexibility index (Phi) is 3.04. The lowest BCUT2D eigenvalue weighted by Crippen LogP contribution is -2.14. The Morgan fingerprint density at radius 2 is 2.26 bits per heavy atom. The van der Waals surface area contributed by atoms with Crippen LogP contribution in [0.5, 0.6) is 0 Å². The van der Waals surface area contributed by atoms with Gasteiger partial charge in [-0.1, -0.05) is 6.07 Å². The summed E-state index contributed by atoms with van der Waals surface area (Å²) in [4.78, 5) is 5.20. The van der Waals surface area contributed by atoms with E-state index in [-0.39, 0.29) is 11.9 Å². The third kappa shape index (κ3) is 2.36. The van der Waals surface area contributed by atoms with Crippen LogP contribution >= 0.6 is 11.3 Å². The Bertz CT molecular complexity index is 718. The molecule has 98 valence electrons. The largest absolute Gasteiger partial charge is 0.323 e. The van der Waals surface area contributed by atoms with Gasteiger partial charge in [0.1, 0.15) is 18.0 Å². The van der Waals surface area contributed by atoms with Crippen LogP contribution in [0, 0.1) is 5.82 Å². The summed E-state index contributed by atoms with van der Waals surface area (Å²) in [6, 6.07) is 6.65. The van der Waals surface area contributed by atoms with Crippen LogP contribution in [0.3, 0.4) is 0 Å². The molecule has 0 spiro atoms. The van der Waals surface area contributed by atoms with E-state index >= 15 is 0 Å². The molecule has 19 heavy (non-hydrogen) atoms. The lowest BCUT2D eigenvalue weighted by Gasteiger charge is -2.08. The molecule has 2 heterocycles. The average molecular weight is 276 g/mol. The van der Waals surface area contributed by atoms with Gasteiger partial charge in [0.15, 0.2) is 0 Å². The predicted molar refractivity (Wildman–Crippen MR) is 73.4 cm³/mol. The molecule has 0 aliphatic heterocycles. The van der Waals surface area contributed by atoms with Crippen LogP contribution in [0.25, 0.3) is 10.1 Å². The van der Waals surface area contributed by atoms with E-state index in [2.05, 4.69) is 10.1 Å². The monoisotopic (exact) mass is 276 g/mol. The molecule has 0 amide bonds. The second-order valence-corrected chi connectivity index (χ2v) is 5.56. The minimum atomic E-state index is -0.220. The number of rotatable bonds is 3. The van der Waals surface area contributed by atoms with Gasteiger partial charge in [0, 0.05) is 29.1 Å². The normalized spacial score (nSPS) is 13.0. The number of hydrogen-bond donors (Lipinski definition) is 1. The number of benzene rings is 1. The maximum atomic E-state index is 13.2. The first-order chi connectivity index (χ1) is 9.13. The Labute approximate surface area is 113 Å². The summed E-state index contributed by atoms with van der Waals surface area (Å²) in [5.41, 5.74) is 6.19. The van der Waals surface area contributed by atoms with Crippen molar-refractivity contribution in [1.82, 2.24) is 14.8 Å². The topological polar surface area (TPSA) is 56.7 Å². The number of aryl methyl sites for hydroxylation is 1. The number of halogens is 1. The predicted octanol–water partition coefficient (Wildman–Crippen LogP) is 2.41. The highest BCUT2D eigenvalue weighted by Gasteiger charge is 2.14. The van der Waals surface area contributed by atoms with Gasteiger partial charge in [-0.2, -0.15) is 5.10 Å². The molecule has 3 aromatic rings. The van der Waals surface area contributed by atoms with E-state index in [1.54, 1.807) is 16.8 Å². The number of thiophene rings is 1. The van der Waals surface area contributed by atoms with Gasteiger partial charge in [-0.15, -0.1) is 11.3 Å². The summed E-state index contributed by atoms with van der Waals surface area (Å²) in [6.07, 6.45) is 2.13. The zero-order valence-electron chi connectivity index (χ0n) is 10.4. The van der Waals surface area contributed by atoms with Gasteiger partial charge in [0.2, 0.25) is 0 Å². The SMILES string of the molecule is Cn1ncnc1CC(N)c1cc2ccc(F)cc2s1. The second-order valence-electron chi connectivity index (χ2n) is 4.44. The number of fused-ring (bicyclic) bond motifs is 1. The molecule has 0 aliphatic carbocycles. The highest BCUT2D eigenvalue weighted by Crippen LogP contribution is 2.30. The number of nitrogens with zero attached hydrogens (tertiary/aromatic N) is 3. The van der Waals surface area contributed by atoms with Crippen LogP contribution in [-0.2, 0) is 13.5 Å². The maximum absolute atomic E-state index is 13.2. The van der Waals surface area contributed by atoms with Gasteiger partial charge in [-0.05, 0) is 23.6 Å². The van der Waals surface area contributed by atoms with Crippen molar-refractivity contribution in [2.45, 2.75) is 12.5 Å². The first-order valence-electron chi connectivity index (χ1n) is 5.91. The molecular formula is C13H13FN4S. The van der Waals surface area contributed by atoms with Crippen LogP contribution in [0.2, 0.25) is 0 Å². The molecule has 0 fully saturated rings. The summed E-state index contributed by atoms with van der Waals surface area (Å²) >= 11 is 1.52. The van der Waals surface area contributed by atoms with Crippen molar-refractivity contribution < 1.29 is 4.39 Å². The van der Waals surface area contributed by atoms with Crippen molar-refractivity contribution in [2.24, 2.45) is 12.8 Å². The molecule has 1 aromatic carbocycles. The summed E-state index contributed by atoms with van der Waals surface area (Å²) in [5.74, 6) is 0.624. The van der Waals surface area contributed by atoms with Gasteiger partial charge in [-0.25, -0.2) is 9.37 Å². The molecule has 0 saturated carbocycles. The van der Waals surface area contributed by atoms with Crippen LogP contribution < -0.4 is 5.73 Å². The standard InChI is InChI=1S/C13H13FN4S/c1-18-13(16-7-17-18)6-10(15)12-4-8-2-3-9(14)5-11(8)19-12/h2-5,7,10H,6,15H2,1H3. The summed E-state index contributed by atoms with van der Waals surface area (Å²) in [5, 5.41) is 5.04. The average Bonchev–Trinajstić information content (AvgIpc) is 2.96. The highest BCUT2D eigenvalue weighted by molar-refractivity contribution is 7.19. The van der Waals surface area contributed by atoms with Gasteiger partial charge < -0.3 is 5.73 Å². The molecule has 0 radical (unpaired) electrons. The van der Waals surface area contributed by atoms with Crippen LogP contribution in [0.1, 0.15) is 16.7 Å². The highest BCUT2D eigenvalue weighted by atomic mass is 32.1. The van der Waals surface area contributed by atoms with Crippen molar-refractivity contribution in [3.63, 3.8) is 0 Å². The third-order valence-corrected chi connectivity index (χ3v) is 4.30. The fourth-order valence-electron chi connectivity index (χ4n) is 2.01. The van der Waals surface area contributed by atoms with E-state index in [9.17, 15) is 4.39 Å². The Hall–Kier alpha value is -1.79. The maximum Gasteiger partial charge on any atom is 0.138 e. The van der Waals surface area contributed by atoms with Gasteiger partial charge in [0.25, 0.3) is 0 Å². The number of hydrogen-bond acceptors (Lipinski definition) is 4. The first kappa shape index (κ1) is 12.3. The lowest BCUT2D eigenvalue weighted by molar-refractivity contribution is 0.630. The third-order valence-electron chi connectivity index (χ3n) is 3.07. The molecule has 1 atom stereocenters. The van der Waals surface area contributed by atoms with Gasteiger partial charge >= 0.3 is 0 Å². The lowest BCUT2D eigenvalue weighted by atomic mass is 10.1. The van der Waals surface area contributed by atoms with Crippen LogP contribution in [0.4, 0.5) is 4.39 Å². The fourth-order valence-corrected chi connectivity index (χ4v) is 3.10. The van der Waals surface area contributed by atoms with Crippen molar-refractivity contribution in [3.05, 3.63) is 47.1 Å². The zero-order valence-corrected chi connectivity index (χ0v) is 11.2. The minimum absolute atomic E-state index is 0.150. The summed E-state index contributed by atoms with van der Waals surface area (Å²) < 4.78 is 15.8. The van der Waals surface area contributed by atoms with Gasteiger partial charge in [-0.3, -0.25) is 4.68 Å². The van der Waals surface area contributed by atoms with Crippen molar-refractivity contribution in [3.8, 4) is 0 Å². The molecule has 0 saturated heterocycles. The minimum Gasteiger partial charge on any atom is -0.323 e. The molecule has 6 heteroatoms. The van der Waals surface area contributed by atoms with E-state index in [0.717, 1.165) is 20.8 Å². The Balaban J connectivity index is 1.89. The van der Waals surface area contributed by atoms with Crippen molar-refractivity contribution >= 4 is 21.4 Å². The molecule has 3 rings (SSSR count). The van der Waals surface area contributed by atoms with Crippen LogP contribution in [-0.4, -0.2) is 14.8 Å². The summed E-state index contributed by atoms with van der Waals surface area (Å²) in [6.45, 7) is 0. The van der Waals surface area contributed by atoms with Crippen molar-refractivity contribution in [1.29, 1.82) is 0 Å². The van der Waals surface area contributed by atoms with Crippen LogP contribution in [0.15, 0.2) is 30.6 Å². The molecular weight excluding hydrogens is 263 g/mol. The van der Waals surface area contributed by atoms with Crippen molar-refractivity contribution in [2.75, 3.05) is 0 Å². The van der Waals surface area contributed by atoms with E-state index in [1.807, 2.05) is 13.1 Å². The Morgan fingerprint density at radius 3 is 3.00 bits per heavy atom. The summed E-state index contributed by atoms with van der Waals surface area (Å²) in [7, 11) is 1.84. The number of aromatic nitrogens is 3. The molecule has 0 aliphatic rings. The second kappa shape index (κ2) is 4.71. The quantitative estimate of drug-likeness (QED) is 0.799. The van der Waals surface area contributed by atoms with E-state index in [1.165, 1.54) is 23.7 Å². The molecule has 1 unspecified atom stereocenters. The van der Waals surface area contributed by atoms with E-state index in [4.69, 9.17) is 5.73 Å².